The van der Waals surface area contributed by atoms with Crippen LogP contribution in [0.3, 0.4) is 0 Å². The zero-order chi connectivity index (χ0) is 20.8. The summed E-state index contributed by atoms with van der Waals surface area (Å²) in [5.74, 6) is 0.384. The molecule has 0 saturated carbocycles. The topological polar surface area (TPSA) is 67.4 Å². The van der Waals surface area contributed by atoms with Crippen LogP contribution in [-0.4, -0.2) is 53.6 Å². The number of carbonyl (C=O) groups is 1. The van der Waals surface area contributed by atoms with Crippen LogP contribution in [0.25, 0.3) is 11.4 Å². The summed E-state index contributed by atoms with van der Waals surface area (Å²) in [6, 6.07) is 17.4. The largest absolute Gasteiger partial charge is 0.379 e. The number of rotatable bonds is 6. The Morgan fingerprint density at radius 2 is 1.70 bits per heavy atom. The Labute approximate surface area is 180 Å². The summed E-state index contributed by atoms with van der Waals surface area (Å²) < 4.78 is 5.48. The normalized spacial score (nSPS) is 15.5. The molecular weight excluding hydrogens is 400 g/mol. The smallest absolute Gasteiger partial charge is 0.254 e. The van der Waals surface area contributed by atoms with Gasteiger partial charge in [0.15, 0.2) is 5.82 Å². The number of ether oxygens (including phenoxy) is 1. The van der Waals surface area contributed by atoms with Crippen molar-refractivity contribution < 1.29 is 9.53 Å². The van der Waals surface area contributed by atoms with E-state index in [1.54, 1.807) is 12.4 Å². The number of nitrogens with zero attached hydrogens (tertiary/aromatic N) is 3. The van der Waals surface area contributed by atoms with Crippen molar-refractivity contribution in [2.24, 2.45) is 0 Å². The van der Waals surface area contributed by atoms with Crippen molar-refractivity contribution in [2.45, 2.75) is 6.04 Å². The van der Waals surface area contributed by atoms with Gasteiger partial charge in [0.25, 0.3) is 5.91 Å². The van der Waals surface area contributed by atoms with Gasteiger partial charge in [-0.2, -0.15) is 0 Å². The predicted molar refractivity (Wildman–Crippen MR) is 116 cm³/mol. The lowest BCUT2D eigenvalue weighted by Crippen LogP contribution is -2.44. The monoisotopic (exact) mass is 422 g/mol. The Hall–Kier alpha value is -2.80. The molecule has 3 aromatic rings. The Morgan fingerprint density at radius 1 is 1.03 bits per heavy atom. The Bertz CT molecular complexity index is 976. The number of halogens is 1. The summed E-state index contributed by atoms with van der Waals surface area (Å²) in [7, 11) is 0. The van der Waals surface area contributed by atoms with E-state index in [2.05, 4.69) is 20.2 Å². The maximum Gasteiger partial charge on any atom is 0.254 e. The van der Waals surface area contributed by atoms with Crippen molar-refractivity contribution >= 4 is 17.5 Å². The van der Waals surface area contributed by atoms with E-state index in [9.17, 15) is 4.79 Å². The molecule has 4 rings (SSSR count). The van der Waals surface area contributed by atoms with Gasteiger partial charge in [-0.05, 0) is 11.6 Å². The molecule has 2 aromatic carbocycles. The second-order valence-electron chi connectivity index (χ2n) is 7.06. The van der Waals surface area contributed by atoms with Crippen LogP contribution in [0, 0.1) is 0 Å². The van der Waals surface area contributed by atoms with Crippen LogP contribution in [0.5, 0.6) is 0 Å². The molecule has 1 aromatic heterocycles. The highest BCUT2D eigenvalue weighted by Gasteiger charge is 2.25. The summed E-state index contributed by atoms with van der Waals surface area (Å²) in [6.07, 6.45) is 3.12. The number of morpholine rings is 1. The van der Waals surface area contributed by atoms with Crippen molar-refractivity contribution in [3.63, 3.8) is 0 Å². The maximum absolute atomic E-state index is 12.7. The third-order valence-corrected chi connectivity index (χ3v) is 5.50. The first kappa shape index (κ1) is 20.5. The Kier molecular flexibility index (Phi) is 6.69. The van der Waals surface area contributed by atoms with Crippen LogP contribution in [0.15, 0.2) is 67.0 Å². The van der Waals surface area contributed by atoms with Gasteiger partial charge >= 0.3 is 0 Å². The fraction of sp³-hybridized carbons (Fsp3) is 0.261. The number of hydrogen-bond donors (Lipinski definition) is 1. The van der Waals surface area contributed by atoms with Crippen molar-refractivity contribution in [1.29, 1.82) is 0 Å². The van der Waals surface area contributed by atoms with E-state index in [1.807, 2.05) is 54.6 Å². The minimum Gasteiger partial charge on any atom is -0.379 e. The van der Waals surface area contributed by atoms with E-state index >= 15 is 0 Å². The first-order valence-corrected chi connectivity index (χ1v) is 10.3. The fourth-order valence-corrected chi connectivity index (χ4v) is 3.80. The molecule has 154 valence electrons. The molecule has 0 bridgehead atoms. The van der Waals surface area contributed by atoms with Crippen LogP contribution < -0.4 is 5.32 Å². The Morgan fingerprint density at radius 3 is 2.40 bits per heavy atom. The summed E-state index contributed by atoms with van der Waals surface area (Å²) in [4.78, 5) is 23.7. The number of aromatic nitrogens is 2. The van der Waals surface area contributed by atoms with Gasteiger partial charge in [-0.1, -0.05) is 60.1 Å². The van der Waals surface area contributed by atoms with Crippen LogP contribution >= 0.6 is 11.6 Å². The molecule has 0 radical (unpaired) electrons. The lowest BCUT2D eigenvalue weighted by molar-refractivity contribution is 0.0162. The number of amides is 1. The maximum atomic E-state index is 12.7. The van der Waals surface area contributed by atoms with E-state index in [-0.39, 0.29) is 11.9 Å². The van der Waals surface area contributed by atoms with Gasteiger partial charge in [0, 0.05) is 42.6 Å². The molecule has 30 heavy (non-hydrogen) atoms. The minimum absolute atomic E-state index is 0.0314. The molecular formula is C23H23ClN4O2. The molecule has 1 saturated heterocycles. The average Bonchev–Trinajstić information content (AvgIpc) is 2.81. The molecule has 2 heterocycles. The minimum atomic E-state index is -0.208. The lowest BCUT2D eigenvalue weighted by Gasteiger charge is -2.35. The highest BCUT2D eigenvalue weighted by molar-refractivity contribution is 6.31. The number of nitrogens with one attached hydrogen (secondary N) is 1. The van der Waals surface area contributed by atoms with E-state index in [0.717, 1.165) is 24.2 Å². The summed E-state index contributed by atoms with van der Waals surface area (Å²) in [5.41, 5.74) is 2.34. The van der Waals surface area contributed by atoms with Crippen molar-refractivity contribution in [1.82, 2.24) is 20.2 Å². The van der Waals surface area contributed by atoms with Crippen molar-refractivity contribution in [3.8, 4) is 11.4 Å². The van der Waals surface area contributed by atoms with E-state index in [1.165, 1.54) is 0 Å². The zero-order valence-electron chi connectivity index (χ0n) is 16.5. The first-order valence-electron chi connectivity index (χ1n) is 9.94. The number of benzene rings is 2. The van der Waals surface area contributed by atoms with E-state index in [4.69, 9.17) is 16.3 Å². The molecule has 1 unspecified atom stereocenters. The van der Waals surface area contributed by atoms with E-state index in [0.29, 0.717) is 36.2 Å². The predicted octanol–water partition coefficient (Wildman–Crippen LogP) is 3.60. The van der Waals surface area contributed by atoms with Gasteiger partial charge in [-0.3, -0.25) is 9.69 Å². The number of carbonyl (C=O) groups excluding carboxylic acids is 1. The molecule has 0 aliphatic carbocycles. The third kappa shape index (κ3) is 4.84. The summed E-state index contributed by atoms with van der Waals surface area (Å²) in [6.45, 7) is 3.36. The van der Waals surface area contributed by atoms with Gasteiger partial charge < -0.3 is 10.1 Å². The van der Waals surface area contributed by atoms with Gasteiger partial charge in [-0.15, -0.1) is 0 Å². The second-order valence-corrected chi connectivity index (χ2v) is 7.46. The quantitative estimate of drug-likeness (QED) is 0.657. The van der Waals surface area contributed by atoms with Gasteiger partial charge in [0.1, 0.15) is 0 Å². The molecule has 1 N–H and O–H groups in total. The fourth-order valence-electron chi connectivity index (χ4n) is 3.54. The van der Waals surface area contributed by atoms with E-state index < -0.39 is 0 Å². The van der Waals surface area contributed by atoms with Crippen molar-refractivity contribution in [2.75, 3.05) is 32.8 Å². The van der Waals surface area contributed by atoms with Crippen LogP contribution in [-0.2, 0) is 4.74 Å². The summed E-state index contributed by atoms with van der Waals surface area (Å²) >= 11 is 6.46. The SMILES string of the molecule is O=C(NCC(c1ccccc1Cl)N1CCOCC1)c1cnc(-c2ccccc2)nc1. The Balaban J connectivity index is 1.46. The molecule has 0 spiro atoms. The lowest BCUT2D eigenvalue weighted by atomic mass is 10.0. The van der Waals surface area contributed by atoms with Crippen LogP contribution in [0.4, 0.5) is 0 Å². The average molecular weight is 423 g/mol. The van der Waals surface area contributed by atoms with Gasteiger partial charge in [0.2, 0.25) is 0 Å². The molecule has 1 atom stereocenters. The highest BCUT2D eigenvalue weighted by Crippen LogP contribution is 2.27. The van der Waals surface area contributed by atoms with Gasteiger partial charge in [-0.25, -0.2) is 9.97 Å². The molecule has 6 nitrogen and oxygen atoms in total. The number of hydrogen-bond acceptors (Lipinski definition) is 5. The highest BCUT2D eigenvalue weighted by atomic mass is 35.5. The molecule has 1 aliphatic heterocycles. The second kappa shape index (κ2) is 9.80. The van der Waals surface area contributed by atoms with Gasteiger partial charge in [0.05, 0.1) is 24.8 Å². The first-order chi connectivity index (χ1) is 14.7. The molecule has 1 amide bonds. The standard InChI is InChI=1S/C23H23ClN4O2/c24-20-9-5-4-8-19(20)21(28-10-12-30-13-11-28)16-27-23(29)18-14-25-22(26-15-18)17-6-2-1-3-7-17/h1-9,14-15,21H,10-13,16H2,(H,27,29). The van der Waals surface area contributed by atoms with Crippen LogP contribution in [0.2, 0.25) is 5.02 Å². The third-order valence-electron chi connectivity index (χ3n) is 5.15. The molecule has 1 aliphatic rings. The summed E-state index contributed by atoms with van der Waals surface area (Å²) in [5, 5.41) is 3.71. The van der Waals surface area contributed by atoms with Crippen LogP contribution in [0.1, 0.15) is 22.0 Å². The zero-order valence-corrected chi connectivity index (χ0v) is 17.3. The van der Waals surface area contributed by atoms with Crippen molar-refractivity contribution in [3.05, 3.63) is 83.1 Å². The molecule has 1 fully saturated rings. The molecule has 7 heteroatoms.